The molecule has 1 amide bonds. The van der Waals surface area contributed by atoms with Gasteiger partial charge in [-0.25, -0.2) is 13.4 Å². The Labute approximate surface area is 215 Å². The molecule has 1 aliphatic heterocycles. The molecule has 0 bridgehead atoms. The molecule has 2 heterocycles. The molecule has 0 saturated carbocycles. The zero-order valence-electron chi connectivity index (χ0n) is 20.8. The van der Waals surface area contributed by atoms with Crippen molar-refractivity contribution >= 4 is 33.0 Å². The van der Waals surface area contributed by atoms with E-state index in [1.165, 1.54) is 16.2 Å². The number of guanidine groups is 1. The van der Waals surface area contributed by atoms with Crippen LogP contribution in [-0.2, 0) is 20.2 Å². The highest BCUT2D eigenvalue weighted by Gasteiger charge is 2.48. The van der Waals surface area contributed by atoms with Crippen LogP contribution in [0.4, 0.5) is 0 Å². The Hall–Kier alpha value is -3.48. The van der Waals surface area contributed by atoms with Gasteiger partial charge < -0.3 is 5.73 Å². The van der Waals surface area contributed by atoms with E-state index in [2.05, 4.69) is 6.07 Å². The van der Waals surface area contributed by atoms with Gasteiger partial charge >= 0.3 is 0 Å². The summed E-state index contributed by atoms with van der Waals surface area (Å²) in [5.74, 6) is -0.817. The molecule has 0 saturated heterocycles. The summed E-state index contributed by atoms with van der Waals surface area (Å²) in [6, 6.07) is 17.9. The molecule has 0 spiro atoms. The van der Waals surface area contributed by atoms with Gasteiger partial charge in [0.15, 0.2) is 15.8 Å². The van der Waals surface area contributed by atoms with Crippen LogP contribution in [0.5, 0.6) is 0 Å². The number of carbonyl (C=O) groups is 1. The molecule has 2 aromatic carbocycles. The van der Waals surface area contributed by atoms with Gasteiger partial charge in [0.2, 0.25) is 5.91 Å². The Bertz CT molecular complexity index is 1510. The van der Waals surface area contributed by atoms with Crippen LogP contribution in [0.3, 0.4) is 0 Å². The van der Waals surface area contributed by atoms with Gasteiger partial charge in [0.1, 0.15) is 5.54 Å². The molecule has 2 atom stereocenters. The second kappa shape index (κ2) is 8.87. The second-order valence-electron chi connectivity index (χ2n) is 10.0. The third-order valence-corrected chi connectivity index (χ3v) is 10.2. The topological polar surface area (TPSA) is 117 Å². The number of nitriles is 1. The lowest BCUT2D eigenvalue weighted by Gasteiger charge is -2.40. The molecule has 186 valence electrons. The van der Waals surface area contributed by atoms with Crippen LogP contribution in [0, 0.1) is 11.3 Å². The molecule has 3 aromatic rings. The van der Waals surface area contributed by atoms with Crippen LogP contribution in [0.15, 0.2) is 69.9 Å². The third-order valence-electron chi connectivity index (χ3n) is 6.58. The van der Waals surface area contributed by atoms with E-state index in [-0.39, 0.29) is 16.8 Å². The van der Waals surface area contributed by atoms with E-state index < -0.39 is 26.0 Å². The predicted octanol–water partition coefficient (Wildman–Crippen LogP) is 4.64. The van der Waals surface area contributed by atoms with Crippen molar-refractivity contribution in [3.8, 4) is 17.2 Å². The van der Waals surface area contributed by atoms with Gasteiger partial charge in [-0.1, -0.05) is 24.3 Å². The summed E-state index contributed by atoms with van der Waals surface area (Å²) in [7, 11) is -1.95. The number of hydrogen-bond donors (Lipinski definition) is 1. The third kappa shape index (κ3) is 4.21. The largest absolute Gasteiger partial charge is 0.369 e. The molecule has 7 nitrogen and oxygen atoms in total. The first-order valence-electron chi connectivity index (χ1n) is 11.4. The number of carbonyl (C=O) groups excluding carboxylic acids is 1. The van der Waals surface area contributed by atoms with Gasteiger partial charge in [-0.15, -0.1) is 11.3 Å². The van der Waals surface area contributed by atoms with Crippen LogP contribution >= 0.6 is 11.3 Å². The number of likely N-dealkylation sites (N-methyl/N-ethyl adjacent to an activating group) is 1. The fourth-order valence-corrected chi connectivity index (χ4v) is 6.56. The van der Waals surface area contributed by atoms with Gasteiger partial charge in [-0.05, 0) is 80.1 Å². The molecule has 1 aromatic heterocycles. The lowest BCUT2D eigenvalue weighted by atomic mass is 9.77. The summed E-state index contributed by atoms with van der Waals surface area (Å²) in [4.78, 5) is 20.7. The summed E-state index contributed by atoms with van der Waals surface area (Å²) in [6.45, 7) is 6.85. The molecule has 1 aliphatic rings. The molecule has 36 heavy (non-hydrogen) atoms. The Kier molecular flexibility index (Phi) is 6.31. The van der Waals surface area contributed by atoms with Gasteiger partial charge in [-0.3, -0.25) is 9.69 Å². The van der Waals surface area contributed by atoms with Crippen molar-refractivity contribution in [2.24, 2.45) is 10.7 Å². The lowest BCUT2D eigenvalue weighted by Crippen LogP contribution is -2.52. The van der Waals surface area contributed by atoms with E-state index in [0.717, 1.165) is 16.0 Å². The van der Waals surface area contributed by atoms with Gasteiger partial charge in [-0.2, -0.15) is 5.26 Å². The number of nitrogens with two attached hydrogens (primary N) is 1. The normalized spacial score (nSPS) is 20.7. The van der Waals surface area contributed by atoms with Crippen molar-refractivity contribution in [3.05, 3.63) is 76.0 Å². The lowest BCUT2D eigenvalue weighted by molar-refractivity contribution is -0.130. The summed E-state index contributed by atoms with van der Waals surface area (Å²) in [6.07, 6.45) is 0. The summed E-state index contributed by atoms with van der Waals surface area (Å²) in [5, 5.41) is 11.2. The zero-order valence-corrected chi connectivity index (χ0v) is 22.4. The average molecular weight is 521 g/mol. The highest BCUT2D eigenvalue weighted by molar-refractivity contribution is 7.92. The van der Waals surface area contributed by atoms with Crippen LogP contribution in [-0.4, -0.2) is 37.0 Å². The Morgan fingerprint density at radius 2 is 1.78 bits per heavy atom. The molecule has 0 unspecified atom stereocenters. The molecule has 0 aliphatic carbocycles. The predicted molar refractivity (Wildman–Crippen MR) is 142 cm³/mol. The maximum Gasteiger partial charge on any atom is 0.239 e. The molecule has 9 heteroatoms. The number of hydrogen-bond acceptors (Lipinski definition) is 7. The Balaban J connectivity index is 1.81. The molecule has 0 fully saturated rings. The molecule has 0 radical (unpaired) electrons. The van der Waals surface area contributed by atoms with Crippen molar-refractivity contribution in [1.29, 1.82) is 5.26 Å². The van der Waals surface area contributed by atoms with Crippen molar-refractivity contribution in [3.63, 3.8) is 0 Å². The first kappa shape index (κ1) is 25.6. The smallest absolute Gasteiger partial charge is 0.239 e. The van der Waals surface area contributed by atoms with E-state index in [0.29, 0.717) is 11.1 Å². The first-order chi connectivity index (χ1) is 16.8. The van der Waals surface area contributed by atoms with Crippen molar-refractivity contribution in [2.75, 3.05) is 7.05 Å². The number of nitrogens with zero attached hydrogens (tertiary/aromatic N) is 3. The van der Waals surface area contributed by atoms with Gasteiger partial charge in [0.05, 0.1) is 27.2 Å². The molecule has 2 N–H and O–H groups in total. The summed E-state index contributed by atoms with van der Waals surface area (Å²) >= 11 is 1.47. The highest BCUT2D eigenvalue weighted by atomic mass is 32.2. The molecular weight excluding hydrogens is 492 g/mol. The fourth-order valence-electron chi connectivity index (χ4n) is 4.30. The average Bonchev–Trinajstić information content (AvgIpc) is 3.34. The summed E-state index contributed by atoms with van der Waals surface area (Å²) in [5.41, 5.74) is 8.17. The first-order valence-corrected chi connectivity index (χ1v) is 13.7. The zero-order chi connectivity index (χ0) is 26.5. The van der Waals surface area contributed by atoms with Crippen molar-refractivity contribution in [2.45, 2.75) is 48.8 Å². The quantitative estimate of drug-likeness (QED) is 0.538. The van der Waals surface area contributed by atoms with Crippen LogP contribution < -0.4 is 5.73 Å². The van der Waals surface area contributed by atoms with E-state index >= 15 is 0 Å². The molecular formula is C27H28N4O3S2. The number of benzene rings is 2. The van der Waals surface area contributed by atoms with Gasteiger partial charge in [0, 0.05) is 11.9 Å². The second-order valence-corrected chi connectivity index (χ2v) is 13.6. The minimum Gasteiger partial charge on any atom is -0.369 e. The minimum absolute atomic E-state index is 0.118. The highest BCUT2D eigenvalue weighted by Crippen LogP contribution is 2.47. The SMILES string of the molecule is CN1C(=O)[C@H](c2ccc(S(=O)(=O)C(C)(C)C)cc2)[C@@](C)(c2cc(-c3cccc(C#N)c3)cs2)N=C1N. The van der Waals surface area contributed by atoms with Crippen LogP contribution in [0.2, 0.25) is 0 Å². The van der Waals surface area contributed by atoms with Crippen molar-refractivity contribution < 1.29 is 13.2 Å². The van der Waals surface area contributed by atoms with E-state index in [4.69, 9.17) is 10.7 Å². The Morgan fingerprint density at radius 3 is 2.39 bits per heavy atom. The maximum absolute atomic E-state index is 13.5. The number of aliphatic imine (C=N–C) groups is 1. The van der Waals surface area contributed by atoms with E-state index in [1.807, 2.05) is 36.6 Å². The van der Waals surface area contributed by atoms with E-state index in [9.17, 15) is 18.5 Å². The van der Waals surface area contributed by atoms with Crippen LogP contribution in [0.25, 0.3) is 11.1 Å². The fraction of sp³-hybridized carbons (Fsp3) is 0.296. The standard InChI is InChI=1S/C27H28N4O3S2/c1-26(2,3)36(33,34)21-11-9-18(10-12-21)23-24(32)31(5)25(29)30-27(23,4)22-14-20(16-35-22)19-8-6-7-17(13-19)15-28/h6-14,16,23H,1-5H3,(H2,29,30)/t23-,27+/m0/s1. The molecule has 4 rings (SSSR count). The number of sulfone groups is 1. The minimum atomic E-state index is -3.53. The van der Waals surface area contributed by atoms with Crippen LogP contribution in [0.1, 0.15) is 49.6 Å². The Morgan fingerprint density at radius 1 is 1.11 bits per heavy atom. The van der Waals surface area contributed by atoms with Crippen molar-refractivity contribution in [1.82, 2.24) is 4.90 Å². The summed E-state index contributed by atoms with van der Waals surface area (Å²) < 4.78 is 24.9. The van der Waals surface area contributed by atoms with E-state index in [1.54, 1.807) is 58.2 Å². The number of thiophene rings is 1. The maximum atomic E-state index is 13.5. The van der Waals surface area contributed by atoms with Gasteiger partial charge in [0.25, 0.3) is 0 Å². The number of amides is 1. The number of rotatable bonds is 4. The monoisotopic (exact) mass is 520 g/mol.